The molecule has 2 aromatic rings. The summed E-state index contributed by atoms with van der Waals surface area (Å²) in [5, 5.41) is 6.09. The monoisotopic (exact) mass is 812 g/mol. The SMILES string of the molecule is CNC(=O)C12CC1/C=C\CCCCC[C@H](CC(=O)OC(C)C(C)C)C(=O)N1C[C@@]3(CCc4c(c(C(F)(F)F)nc5ccc(OC6CCOCC6)cc45)O3)CC1C(=O)N2. The van der Waals surface area contributed by atoms with Gasteiger partial charge in [0, 0.05) is 49.1 Å². The van der Waals surface area contributed by atoms with Gasteiger partial charge in [-0.2, -0.15) is 13.2 Å². The average molecular weight is 813 g/mol. The molecule has 4 unspecified atom stereocenters. The molecule has 3 amide bonds. The summed E-state index contributed by atoms with van der Waals surface area (Å²) >= 11 is 0. The van der Waals surface area contributed by atoms with Gasteiger partial charge in [0.2, 0.25) is 17.7 Å². The van der Waals surface area contributed by atoms with Gasteiger partial charge in [-0.15, -0.1) is 0 Å². The Hall–Kier alpha value is -4.40. The number of allylic oxidation sites excluding steroid dienone is 1. The fraction of sp³-hybridized carbons (Fsp3) is 0.651. The summed E-state index contributed by atoms with van der Waals surface area (Å²) in [7, 11) is 1.49. The number of ether oxygens (including phenoxy) is 4. The normalized spacial score (nSPS) is 29.2. The van der Waals surface area contributed by atoms with Crippen molar-refractivity contribution in [3.63, 3.8) is 0 Å². The van der Waals surface area contributed by atoms with Gasteiger partial charge in [0.15, 0.2) is 11.4 Å². The summed E-state index contributed by atoms with van der Waals surface area (Å²) in [5.74, 6) is -2.98. The molecule has 0 bridgehead atoms. The molecule has 2 N–H and O–H groups in total. The van der Waals surface area contributed by atoms with Crippen LogP contribution >= 0.6 is 0 Å². The molecule has 6 atom stereocenters. The molecule has 3 fully saturated rings. The fourth-order valence-corrected chi connectivity index (χ4v) is 8.93. The van der Waals surface area contributed by atoms with Crippen LogP contribution in [0.4, 0.5) is 13.2 Å². The summed E-state index contributed by atoms with van der Waals surface area (Å²) in [4.78, 5) is 61.3. The number of aromatic nitrogens is 1. The number of hydrogen-bond acceptors (Lipinski definition) is 9. The third-order valence-electron chi connectivity index (χ3n) is 12.7. The number of pyridine rings is 1. The zero-order chi connectivity index (χ0) is 41.4. The summed E-state index contributed by atoms with van der Waals surface area (Å²) < 4.78 is 68.5. The van der Waals surface area contributed by atoms with Gasteiger partial charge >= 0.3 is 12.1 Å². The van der Waals surface area contributed by atoms with Gasteiger partial charge in [0.25, 0.3) is 0 Å². The number of amides is 3. The zero-order valence-electron chi connectivity index (χ0n) is 33.8. The van der Waals surface area contributed by atoms with Crippen LogP contribution in [0.25, 0.3) is 10.9 Å². The van der Waals surface area contributed by atoms with Crippen LogP contribution in [0, 0.1) is 17.8 Å². The number of carbonyl (C=O) groups excluding carboxylic acids is 4. The molecule has 1 aromatic carbocycles. The van der Waals surface area contributed by atoms with E-state index in [2.05, 4.69) is 15.6 Å². The molecule has 2 saturated heterocycles. The quantitative estimate of drug-likeness (QED) is 0.246. The molecular formula is C43H55F3N4O8. The molecular weight excluding hydrogens is 757 g/mol. The molecule has 1 spiro atoms. The van der Waals surface area contributed by atoms with Crippen LogP contribution in [0.15, 0.2) is 30.4 Å². The molecule has 15 heteroatoms. The van der Waals surface area contributed by atoms with E-state index in [0.29, 0.717) is 62.0 Å². The maximum atomic E-state index is 14.9. The lowest BCUT2D eigenvalue weighted by Crippen LogP contribution is -2.55. The van der Waals surface area contributed by atoms with Crippen molar-refractivity contribution >= 4 is 34.6 Å². The fourth-order valence-electron chi connectivity index (χ4n) is 8.93. The van der Waals surface area contributed by atoms with Crippen molar-refractivity contribution in [2.24, 2.45) is 17.8 Å². The van der Waals surface area contributed by atoms with Gasteiger partial charge in [-0.1, -0.05) is 38.8 Å². The number of rotatable bonds is 7. The molecule has 316 valence electrons. The lowest BCUT2D eigenvalue weighted by molar-refractivity contribution is -0.155. The second kappa shape index (κ2) is 16.7. The predicted octanol–water partition coefficient (Wildman–Crippen LogP) is 6.21. The van der Waals surface area contributed by atoms with Crippen molar-refractivity contribution < 1.29 is 51.3 Å². The number of carbonyl (C=O) groups is 4. The van der Waals surface area contributed by atoms with Crippen molar-refractivity contribution in [1.82, 2.24) is 20.5 Å². The Morgan fingerprint density at radius 3 is 2.59 bits per heavy atom. The first-order chi connectivity index (χ1) is 27.6. The highest BCUT2D eigenvalue weighted by Gasteiger charge is 2.62. The molecule has 1 saturated carbocycles. The van der Waals surface area contributed by atoms with E-state index in [1.54, 1.807) is 19.1 Å². The van der Waals surface area contributed by atoms with E-state index in [1.807, 2.05) is 26.0 Å². The van der Waals surface area contributed by atoms with Crippen LogP contribution in [0.3, 0.4) is 0 Å². The number of benzene rings is 1. The van der Waals surface area contributed by atoms with Crippen molar-refractivity contribution in [2.45, 2.75) is 133 Å². The number of nitrogens with zero attached hydrogens (tertiary/aromatic N) is 2. The van der Waals surface area contributed by atoms with Crippen LogP contribution < -0.4 is 20.1 Å². The third kappa shape index (κ3) is 8.65. The molecule has 5 heterocycles. The number of nitrogens with one attached hydrogen (secondary N) is 2. The molecule has 5 aliphatic rings. The lowest BCUT2D eigenvalue weighted by atomic mass is 9.87. The molecule has 0 radical (unpaired) electrons. The van der Waals surface area contributed by atoms with Crippen LogP contribution in [0.2, 0.25) is 0 Å². The first-order valence-corrected chi connectivity index (χ1v) is 20.8. The van der Waals surface area contributed by atoms with E-state index in [1.165, 1.54) is 18.0 Å². The Labute approximate surface area is 336 Å². The summed E-state index contributed by atoms with van der Waals surface area (Å²) in [6.07, 6.45) is 3.70. The van der Waals surface area contributed by atoms with Gasteiger partial charge in [-0.25, -0.2) is 4.98 Å². The largest absolute Gasteiger partial charge is 0.490 e. The Bertz CT molecular complexity index is 1930. The molecule has 4 aliphatic heterocycles. The molecule has 1 aromatic heterocycles. The predicted molar refractivity (Wildman–Crippen MR) is 207 cm³/mol. The number of halogens is 3. The highest BCUT2D eigenvalue weighted by molar-refractivity contribution is 5.98. The number of hydrogen-bond donors (Lipinski definition) is 2. The smallest absolute Gasteiger partial charge is 0.437 e. The van der Waals surface area contributed by atoms with Gasteiger partial charge in [-0.05, 0) is 69.6 Å². The minimum Gasteiger partial charge on any atom is -0.490 e. The standard InChI is InChI=1S/C43H55F3N4O8/c1-25(2)26(3)56-35(51)20-27-10-8-6-5-7-9-11-28-22-42(28,40(54)47-4)49-38(52)34-23-41(24-50(34)39(27)53)17-14-31-32-21-30(57-29-15-18-55-19-16-29)12-13-33(32)48-37(36(31)58-41)43(44,45)46/h9,11-13,21,25-29,34H,5-8,10,14-20,22-24H2,1-4H3,(H,47,54)(H,49,52)/b11-9-/t26?,27-,28?,34?,41-,42?/m1/s1. The molecule has 7 rings (SSSR count). The molecule has 12 nitrogen and oxygen atoms in total. The van der Waals surface area contributed by atoms with E-state index in [-0.39, 0.29) is 67.7 Å². The van der Waals surface area contributed by atoms with E-state index in [0.717, 1.165) is 19.3 Å². The lowest BCUT2D eigenvalue weighted by Gasteiger charge is -2.37. The summed E-state index contributed by atoms with van der Waals surface area (Å²) in [5.41, 5.74) is -3.35. The van der Waals surface area contributed by atoms with Gasteiger partial charge in [0.1, 0.15) is 35.1 Å². The van der Waals surface area contributed by atoms with E-state index < -0.39 is 58.5 Å². The number of fused-ring (bicyclic) bond motifs is 5. The molecule has 58 heavy (non-hydrogen) atoms. The van der Waals surface area contributed by atoms with Crippen molar-refractivity contribution in [2.75, 3.05) is 26.8 Å². The minimum atomic E-state index is -4.88. The van der Waals surface area contributed by atoms with E-state index >= 15 is 0 Å². The summed E-state index contributed by atoms with van der Waals surface area (Å²) in [6, 6.07) is 3.66. The second-order valence-electron chi connectivity index (χ2n) is 17.1. The third-order valence-corrected chi connectivity index (χ3v) is 12.7. The van der Waals surface area contributed by atoms with Crippen molar-refractivity contribution in [3.05, 3.63) is 41.6 Å². The van der Waals surface area contributed by atoms with Crippen molar-refractivity contribution in [1.29, 1.82) is 0 Å². The number of likely N-dealkylation sites (N-methyl/N-ethyl adjacent to an activating group) is 1. The van der Waals surface area contributed by atoms with Crippen LogP contribution in [0.5, 0.6) is 11.5 Å². The Morgan fingerprint density at radius 2 is 1.86 bits per heavy atom. The zero-order valence-corrected chi connectivity index (χ0v) is 33.8. The number of alkyl halides is 3. The highest BCUT2D eigenvalue weighted by atomic mass is 19.4. The Morgan fingerprint density at radius 1 is 1.09 bits per heavy atom. The molecule has 1 aliphatic carbocycles. The van der Waals surface area contributed by atoms with Crippen molar-refractivity contribution in [3.8, 4) is 11.5 Å². The Kier molecular flexibility index (Phi) is 12.0. The van der Waals surface area contributed by atoms with E-state index in [9.17, 15) is 32.3 Å². The average Bonchev–Trinajstić information content (AvgIpc) is 3.76. The summed E-state index contributed by atoms with van der Waals surface area (Å²) in [6.45, 7) is 6.56. The maximum absolute atomic E-state index is 14.9. The number of esters is 1. The van der Waals surface area contributed by atoms with Crippen LogP contribution in [-0.2, 0) is 41.2 Å². The maximum Gasteiger partial charge on any atom is 0.437 e. The number of aryl methyl sites for hydroxylation is 1. The van der Waals surface area contributed by atoms with Gasteiger partial charge < -0.3 is 34.5 Å². The highest BCUT2D eigenvalue weighted by Crippen LogP contribution is 2.50. The topological polar surface area (TPSA) is 145 Å². The van der Waals surface area contributed by atoms with Gasteiger partial charge in [0.05, 0.1) is 31.7 Å². The van der Waals surface area contributed by atoms with Gasteiger partial charge in [-0.3, -0.25) is 19.2 Å². The Balaban J connectivity index is 1.25. The van der Waals surface area contributed by atoms with Crippen LogP contribution in [-0.4, -0.2) is 89.8 Å². The second-order valence-corrected chi connectivity index (χ2v) is 17.1. The van der Waals surface area contributed by atoms with E-state index in [4.69, 9.17) is 18.9 Å². The first kappa shape index (κ1) is 41.7. The van der Waals surface area contributed by atoms with Crippen LogP contribution in [0.1, 0.15) is 103 Å². The first-order valence-electron chi connectivity index (χ1n) is 20.8. The minimum absolute atomic E-state index is 0.0525.